The topological polar surface area (TPSA) is 84.9 Å². The quantitative estimate of drug-likeness (QED) is 0.762. The van der Waals surface area contributed by atoms with E-state index in [9.17, 15) is 13.2 Å². The number of ether oxygens (including phenoxy) is 2. The van der Waals surface area contributed by atoms with Gasteiger partial charge in [-0.05, 0) is 55.5 Å². The molecule has 0 unspecified atom stereocenters. The number of aryl methyl sites for hydroxylation is 1. The van der Waals surface area contributed by atoms with E-state index in [4.69, 9.17) is 9.47 Å². The van der Waals surface area contributed by atoms with Crippen LogP contribution < -0.4 is 14.4 Å². The minimum absolute atomic E-state index is 0.00790. The smallest absolute Gasteiger partial charge is 0.268 e. The van der Waals surface area contributed by atoms with E-state index in [1.54, 1.807) is 6.07 Å². The Kier molecular flexibility index (Phi) is 5.97. The van der Waals surface area contributed by atoms with Crippen molar-refractivity contribution in [3.8, 4) is 5.75 Å². The van der Waals surface area contributed by atoms with Crippen molar-refractivity contribution < 1.29 is 22.7 Å². The van der Waals surface area contributed by atoms with Crippen LogP contribution in [0, 0.1) is 0 Å². The SMILES string of the molecule is COc1ccc(C(=O)NC[C@H]2CCCO2)cc1S(=O)(=O)N1CCCc2ccccc21. The fourth-order valence-corrected chi connectivity index (χ4v) is 5.73. The molecule has 2 aromatic carbocycles. The van der Waals surface area contributed by atoms with Crippen molar-refractivity contribution in [2.45, 2.75) is 36.7 Å². The molecule has 2 aliphatic rings. The molecule has 160 valence electrons. The van der Waals surface area contributed by atoms with Gasteiger partial charge in [0, 0.05) is 25.3 Å². The van der Waals surface area contributed by atoms with E-state index < -0.39 is 10.0 Å². The summed E-state index contributed by atoms with van der Waals surface area (Å²) in [5.74, 6) is -0.114. The Bertz CT molecular complexity index is 1030. The Hall–Kier alpha value is -2.58. The van der Waals surface area contributed by atoms with Crippen LogP contribution in [-0.2, 0) is 21.2 Å². The van der Waals surface area contributed by atoms with Gasteiger partial charge in [-0.25, -0.2) is 8.42 Å². The van der Waals surface area contributed by atoms with E-state index in [0.29, 0.717) is 25.4 Å². The van der Waals surface area contributed by atoms with E-state index in [0.717, 1.165) is 31.2 Å². The second-order valence-electron chi connectivity index (χ2n) is 7.52. The molecule has 2 aromatic rings. The highest BCUT2D eigenvalue weighted by Gasteiger charge is 2.32. The molecule has 4 rings (SSSR count). The highest BCUT2D eigenvalue weighted by atomic mass is 32.2. The Labute approximate surface area is 177 Å². The summed E-state index contributed by atoms with van der Waals surface area (Å²) >= 11 is 0. The van der Waals surface area contributed by atoms with Gasteiger partial charge in [-0.3, -0.25) is 9.10 Å². The van der Waals surface area contributed by atoms with Crippen molar-refractivity contribution in [3.05, 3.63) is 53.6 Å². The minimum Gasteiger partial charge on any atom is -0.495 e. The van der Waals surface area contributed by atoms with E-state index in [1.165, 1.54) is 23.5 Å². The molecule has 0 aromatic heterocycles. The number of benzene rings is 2. The number of anilines is 1. The number of para-hydroxylation sites is 1. The third-order valence-corrected chi connectivity index (χ3v) is 7.41. The highest BCUT2D eigenvalue weighted by molar-refractivity contribution is 7.93. The number of hydrogen-bond donors (Lipinski definition) is 1. The molecule has 0 radical (unpaired) electrons. The number of hydrogen-bond acceptors (Lipinski definition) is 5. The van der Waals surface area contributed by atoms with E-state index in [1.807, 2.05) is 24.3 Å². The van der Waals surface area contributed by atoms with Crippen molar-refractivity contribution in [1.29, 1.82) is 0 Å². The molecule has 1 atom stereocenters. The number of fused-ring (bicyclic) bond motifs is 1. The maximum absolute atomic E-state index is 13.6. The maximum atomic E-state index is 13.6. The minimum atomic E-state index is -3.90. The van der Waals surface area contributed by atoms with Gasteiger partial charge in [0.05, 0.1) is 18.9 Å². The van der Waals surface area contributed by atoms with Crippen LogP contribution in [-0.4, -0.2) is 47.2 Å². The number of sulfonamides is 1. The molecule has 0 saturated carbocycles. The van der Waals surface area contributed by atoms with Gasteiger partial charge in [0.2, 0.25) is 0 Å². The van der Waals surface area contributed by atoms with Crippen molar-refractivity contribution in [2.24, 2.45) is 0 Å². The Morgan fingerprint density at radius 3 is 2.83 bits per heavy atom. The van der Waals surface area contributed by atoms with Gasteiger partial charge in [-0.15, -0.1) is 0 Å². The molecule has 2 aliphatic heterocycles. The summed E-state index contributed by atoms with van der Waals surface area (Å²) in [5.41, 5.74) is 1.95. The number of nitrogens with zero attached hydrogens (tertiary/aromatic N) is 1. The van der Waals surface area contributed by atoms with Crippen molar-refractivity contribution in [1.82, 2.24) is 5.32 Å². The molecule has 8 heteroatoms. The third-order valence-electron chi connectivity index (χ3n) is 5.58. The number of carbonyl (C=O) groups is 1. The summed E-state index contributed by atoms with van der Waals surface area (Å²) in [4.78, 5) is 12.6. The predicted molar refractivity (Wildman–Crippen MR) is 114 cm³/mol. The first kappa shape index (κ1) is 20.7. The number of nitrogens with one attached hydrogen (secondary N) is 1. The van der Waals surface area contributed by atoms with Crippen molar-refractivity contribution in [3.63, 3.8) is 0 Å². The van der Waals surface area contributed by atoms with Crippen molar-refractivity contribution >= 4 is 21.6 Å². The Morgan fingerprint density at radius 1 is 1.23 bits per heavy atom. The number of carbonyl (C=O) groups excluding carboxylic acids is 1. The molecule has 1 N–H and O–H groups in total. The molecule has 0 aliphatic carbocycles. The van der Waals surface area contributed by atoms with Crippen LogP contribution in [0.3, 0.4) is 0 Å². The Balaban J connectivity index is 1.64. The lowest BCUT2D eigenvalue weighted by molar-refractivity contribution is 0.0857. The first-order valence-corrected chi connectivity index (χ1v) is 11.6. The molecular formula is C22H26N2O5S. The first-order chi connectivity index (χ1) is 14.5. The van der Waals surface area contributed by atoms with Crippen LogP contribution in [0.4, 0.5) is 5.69 Å². The first-order valence-electron chi connectivity index (χ1n) is 10.2. The lowest BCUT2D eigenvalue weighted by atomic mass is 10.0. The summed E-state index contributed by atoms with van der Waals surface area (Å²) < 4.78 is 39.4. The van der Waals surface area contributed by atoms with Gasteiger partial charge in [0.15, 0.2) is 0 Å². The van der Waals surface area contributed by atoms with Crippen LogP contribution in [0.1, 0.15) is 35.2 Å². The molecule has 2 heterocycles. The highest BCUT2D eigenvalue weighted by Crippen LogP contribution is 2.35. The van der Waals surface area contributed by atoms with Gasteiger partial charge in [-0.1, -0.05) is 18.2 Å². The van der Waals surface area contributed by atoms with Gasteiger partial charge < -0.3 is 14.8 Å². The molecule has 0 bridgehead atoms. The van der Waals surface area contributed by atoms with E-state index >= 15 is 0 Å². The molecule has 30 heavy (non-hydrogen) atoms. The largest absolute Gasteiger partial charge is 0.495 e. The van der Waals surface area contributed by atoms with Gasteiger partial charge in [0.25, 0.3) is 15.9 Å². The molecule has 1 saturated heterocycles. The number of rotatable bonds is 6. The molecule has 7 nitrogen and oxygen atoms in total. The maximum Gasteiger partial charge on any atom is 0.268 e. The van der Waals surface area contributed by atoms with Crippen LogP contribution >= 0.6 is 0 Å². The third kappa shape index (κ3) is 4.02. The molecular weight excluding hydrogens is 404 g/mol. The molecule has 1 fully saturated rings. The number of methoxy groups -OCH3 is 1. The van der Waals surface area contributed by atoms with Gasteiger partial charge >= 0.3 is 0 Å². The summed E-state index contributed by atoms with van der Waals surface area (Å²) in [5, 5.41) is 2.84. The second kappa shape index (κ2) is 8.65. The fourth-order valence-electron chi connectivity index (χ4n) is 4.00. The van der Waals surface area contributed by atoms with Crippen LogP contribution in [0.5, 0.6) is 5.75 Å². The zero-order valence-electron chi connectivity index (χ0n) is 17.0. The average molecular weight is 431 g/mol. The van der Waals surface area contributed by atoms with Gasteiger partial charge in [0.1, 0.15) is 10.6 Å². The summed E-state index contributed by atoms with van der Waals surface area (Å²) in [7, 11) is -2.47. The van der Waals surface area contributed by atoms with Crippen LogP contribution in [0.25, 0.3) is 0 Å². The summed E-state index contributed by atoms with van der Waals surface area (Å²) in [6.45, 7) is 1.51. The molecule has 0 spiro atoms. The fraction of sp³-hybridized carbons (Fsp3) is 0.409. The van der Waals surface area contributed by atoms with Gasteiger partial charge in [-0.2, -0.15) is 0 Å². The van der Waals surface area contributed by atoms with E-state index in [-0.39, 0.29) is 28.2 Å². The predicted octanol–water partition coefficient (Wildman–Crippen LogP) is 2.75. The van der Waals surface area contributed by atoms with E-state index in [2.05, 4.69) is 5.32 Å². The van der Waals surface area contributed by atoms with Crippen LogP contribution in [0.15, 0.2) is 47.4 Å². The standard InChI is InChI=1S/C22H26N2O5S/c1-28-20-11-10-17(22(25)23-15-18-8-5-13-29-18)14-21(20)30(26,27)24-12-4-7-16-6-2-3-9-19(16)24/h2-3,6,9-11,14,18H,4-5,7-8,12-13,15H2,1H3,(H,23,25)/t18-/m1/s1. The second-order valence-corrected chi connectivity index (χ2v) is 9.35. The van der Waals surface area contributed by atoms with Crippen LogP contribution in [0.2, 0.25) is 0 Å². The average Bonchev–Trinajstić information content (AvgIpc) is 3.30. The number of amides is 1. The lowest BCUT2D eigenvalue weighted by Gasteiger charge is -2.31. The summed E-state index contributed by atoms with van der Waals surface area (Å²) in [6.07, 6.45) is 3.49. The van der Waals surface area contributed by atoms with Crippen molar-refractivity contribution in [2.75, 3.05) is 31.1 Å². The monoisotopic (exact) mass is 430 g/mol. The zero-order valence-corrected chi connectivity index (χ0v) is 17.8. The summed E-state index contributed by atoms with van der Waals surface area (Å²) in [6, 6.07) is 12.0. The normalized spacial score (nSPS) is 18.7. The molecule has 1 amide bonds. The lowest BCUT2D eigenvalue weighted by Crippen LogP contribution is -2.36. The zero-order chi connectivity index (χ0) is 21.1. The Morgan fingerprint density at radius 2 is 2.07 bits per heavy atom.